The van der Waals surface area contributed by atoms with E-state index < -0.39 is 0 Å². The largest absolute Gasteiger partial charge is 0.352 e. The van der Waals surface area contributed by atoms with Crippen LogP contribution in [0.1, 0.15) is 22.7 Å². The van der Waals surface area contributed by atoms with Gasteiger partial charge in [0.1, 0.15) is 5.82 Å². The lowest BCUT2D eigenvalue weighted by Crippen LogP contribution is -2.33. The quantitative estimate of drug-likeness (QED) is 0.632. The van der Waals surface area contributed by atoms with Crippen molar-refractivity contribution in [2.75, 3.05) is 5.32 Å². The Labute approximate surface area is 152 Å². The Hall–Kier alpha value is -2.72. The lowest BCUT2D eigenvalue weighted by atomic mass is 9.95. The summed E-state index contributed by atoms with van der Waals surface area (Å²) in [6, 6.07) is 24.5. The third-order valence-electron chi connectivity index (χ3n) is 3.99. The first-order valence-electron chi connectivity index (χ1n) is 8.07. The lowest BCUT2D eigenvalue weighted by molar-refractivity contribution is 0.628. The predicted octanol–water partition coefficient (Wildman–Crippen LogP) is 5.21. The normalized spacial score (nSPS) is 11.6. The molecule has 0 spiro atoms. The molecule has 4 heteroatoms. The van der Waals surface area contributed by atoms with E-state index in [0.717, 1.165) is 11.1 Å². The van der Waals surface area contributed by atoms with Gasteiger partial charge in [0.05, 0.1) is 6.04 Å². The summed E-state index contributed by atoms with van der Waals surface area (Å²) in [6.07, 6.45) is 0. The number of thiocarbonyl (C=S) groups is 1. The second-order valence-electron chi connectivity index (χ2n) is 5.81. The molecule has 0 aliphatic heterocycles. The van der Waals surface area contributed by atoms with E-state index in [1.54, 1.807) is 12.1 Å². The Morgan fingerprint density at radius 1 is 0.920 bits per heavy atom. The number of anilines is 1. The van der Waals surface area contributed by atoms with E-state index in [1.165, 1.54) is 17.7 Å². The van der Waals surface area contributed by atoms with Crippen LogP contribution in [-0.4, -0.2) is 5.11 Å². The van der Waals surface area contributed by atoms with Crippen molar-refractivity contribution >= 4 is 23.0 Å². The van der Waals surface area contributed by atoms with Crippen LogP contribution in [0.3, 0.4) is 0 Å². The summed E-state index contributed by atoms with van der Waals surface area (Å²) in [5, 5.41) is 6.86. The van der Waals surface area contributed by atoms with Gasteiger partial charge in [-0.25, -0.2) is 4.39 Å². The summed E-state index contributed by atoms with van der Waals surface area (Å²) in [4.78, 5) is 0. The molecule has 0 bridgehead atoms. The van der Waals surface area contributed by atoms with Crippen LogP contribution < -0.4 is 10.6 Å². The van der Waals surface area contributed by atoms with Crippen molar-refractivity contribution in [1.82, 2.24) is 5.32 Å². The molecule has 0 aliphatic carbocycles. The maximum absolute atomic E-state index is 13.4. The summed E-state index contributed by atoms with van der Waals surface area (Å²) in [5.74, 6) is -0.300. The minimum Gasteiger partial charge on any atom is -0.352 e. The molecule has 0 radical (unpaired) electrons. The van der Waals surface area contributed by atoms with Crippen LogP contribution in [0.5, 0.6) is 0 Å². The van der Waals surface area contributed by atoms with Gasteiger partial charge in [0.25, 0.3) is 0 Å². The summed E-state index contributed by atoms with van der Waals surface area (Å²) >= 11 is 5.45. The Kier molecular flexibility index (Phi) is 5.41. The monoisotopic (exact) mass is 350 g/mol. The smallest absolute Gasteiger partial charge is 0.171 e. The van der Waals surface area contributed by atoms with E-state index in [2.05, 4.69) is 41.8 Å². The van der Waals surface area contributed by atoms with Gasteiger partial charge in [0.2, 0.25) is 0 Å². The molecule has 1 atom stereocenters. The second-order valence-corrected chi connectivity index (χ2v) is 6.22. The van der Waals surface area contributed by atoms with E-state index in [4.69, 9.17) is 12.2 Å². The van der Waals surface area contributed by atoms with Gasteiger partial charge >= 0.3 is 0 Å². The lowest BCUT2D eigenvalue weighted by Gasteiger charge is -2.23. The Morgan fingerprint density at radius 3 is 2.36 bits per heavy atom. The minimum atomic E-state index is -0.300. The molecular weight excluding hydrogens is 331 g/mol. The zero-order valence-corrected chi connectivity index (χ0v) is 14.7. The molecule has 3 aromatic carbocycles. The third-order valence-corrected chi connectivity index (χ3v) is 4.21. The zero-order chi connectivity index (χ0) is 17.6. The highest BCUT2D eigenvalue weighted by Gasteiger charge is 2.16. The van der Waals surface area contributed by atoms with Crippen molar-refractivity contribution in [3.8, 4) is 0 Å². The fourth-order valence-corrected chi connectivity index (χ4v) is 3.00. The van der Waals surface area contributed by atoms with Crippen LogP contribution in [0.15, 0.2) is 78.9 Å². The van der Waals surface area contributed by atoms with Crippen molar-refractivity contribution in [3.63, 3.8) is 0 Å². The van der Waals surface area contributed by atoms with Crippen molar-refractivity contribution in [2.45, 2.75) is 13.0 Å². The summed E-state index contributed by atoms with van der Waals surface area (Å²) in [5.41, 5.74) is 4.06. The van der Waals surface area contributed by atoms with Crippen LogP contribution >= 0.6 is 12.2 Å². The summed E-state index contributed by atoms with van der Waals surface area (Å²) in [7, 11) is 0. The molecule has 126 valence electrons. The zero-order valence-electron chi connectivity index (χ0n) is 13.9. The maximum atomic E-state index is 13.4. The molecule has 0 amide bonds. The molecule has 0 fully saturated rings. The minimum absolute atomic E-state index is 0.0871. The molecule has 0 unspecified atom stereocenters. The first-order chi connectivity index (χ1) is 12.1. The molecule has 3 rings (SSSR count). The first kappa shape index (κ1) is 17.1. The van der Waals surface area contributed by atoms with E-state index >= 15 is 0 Å². The average molecular weight is 350 g/mol. The number of nitrogens with one attached hydrogen (secondary N) is 2. The first-order valence-corrected chi connectivity index (χ1v) is 8.48. The van der Waals surface area contributed by atoms with Crippen LogP contribution in [0.2, 0.25) is 0 Å². The fourth-order valence-electron chi connectivity index (χ4n) is 2.76. The Balaban J connectivity index is 1.85. The molecule has 0 saturated carbocycles. The molecule has 0 heterocycles. The second kappa shape index (κ2) is 7.90. The van der Waals surface area contributed by atoms with Gasteiger partial charge in [-0.2, -0.15) is 0 Å². The van der Waals surface area contributed by atoms with Gasteiger partial charge in [-0.15, -0.1) is 0 Å². The van der Waals surface area contributed by atoms with E-state index in [0.29, 0.717) is 10.8 Å². The number of hydrogen-bond donors (Lipinski definition) is 2. The predicted molar refractivity (Wildman–Crippen MR) is 105 cm³/mol. The Bertz CT molecular complexity index is 865. The summed E-state index contributed by atoms with van der Waals surface area (Å²) < 4.78 is 13.4. The Morgan fingerprint density at radius 2 is 1.64 bits per heavy atom. The molecule has 3 aromatic rings. The topological polar surface area (TPSA) is 24.1 Å². The van der Waals surface area contributed by atoms with Crippen molar-refractivity contribution < 1.29 is 4.39 Å². The molecule has 0 aliphatic rings. The number of rotatable bonds is 4. The van der Waals surface area contributed by atoms with Crippen LogP contribution in [0.4, 0.5) is 10.1 Å². The van der Waals surface area contributed by atoms with Crippen LogP contribution in [0.25, 0.3) is 0 Å². The molecule has 0 saturated heterocycles. The molecule has 2 N–H and O–H groups in total. The van der Waals surface area contributed by atoms with Crippen molar-refractivity contribution in [1.29, 1.82) is 0 Å². The van der Waals surface area contributed by atoms with E-state index in [-0.39, 0.29) is 11.9 Å². The maximum Gasteiger partial charge on any atom is 0.171 e. The standard InChI is InChI=1S/C21H19FN2S/c1-15-8-5-6-13-19(15)20(16-9-3-2-4-10-16)24-21(25)23-18-12-7-11-17(22)14-18/h2-14,20H,1H3,(H2,23,24,25)/t20-/m1/s1. The van der Waals surface area contributed by atoms with Gasteiger partial charge in [0.15, 0.2) is 5.11 Å². The molecule has 0 aromatic heterocycles. The van der Waals surface area contributed by atoms with Crippen LogP contribution in [-0.2, 0) is 0 Å². The SMILES string of the molecule is Cc1ccccc1[C@H](NC(=S)Nc1cccc(F)c1)c1ccccc1. The molecule has 2 nitrogen and oxygen atoms in total. The van der Waals surface area contributed by atoms with E-state index in [1.807, 2.05) is 30.3 Å². The van der Waals surface area contributed by atoms with Gasteiger partial charge in [-0.1, -0.05) is 60.7 Å². The number of benzene rings is 3. The van der Waals surface area contributed by atoms with Crippen molar-refractivity contribution in [3.05, 3.63) is 101 Å². The highest BCUT2D eigenvalue weighted by Crippen LogP contribution is 2.25. The number of halogens is 1. The number of hydrogen-bond acceptors (Lipinski definition) is 1. The average Bonchev–Trinajstić information content (AvgIpc) is 2.61. The van der Waals surface area contributed by atoms with Crippen molar-refractivity contribution in [2.24, 2.45) is 0 Å². The van der Waals surface area contributed by atoms with Gasteiger partial charge in [0, 0.05) is 5.69 Å². The highest BCUT2D eigenvalue weighted by molar-refractivity contribution is 7.80. The highest BCUT2D eigenvalue weighted by atomic mass is 32.1. The number of aryl methyl sites for hydroxylation is 1. The molecular formula is C21H19FN2S. The van der Waals surface area contributed by atoms with Gasteiger partial charge in [-0.3, -0.25) is 0 Å². The summed E-state index contributed by atoms with van der Waals surface area (Å²) in [6.45, 7) is 2.08. The van der Waals surface area contributed by atoms with E-state index in [9.17, 15) is 4.39 Å². The molecule has 25 heavy (non-hydrogen) atoms. The van der Waals surface area contributed by atoms with Crippen LogP contribution in [0, 0.1) is 12.7 Å². The fraction of sp³-hybridized carbons (Fsp3) is 0.0952. The third kappa shape index (κ3) is 4.43. The van der Waals surface area contributed by atoms with Gasteiger partial charge < -0.3 is 10.6 Å². The van der Waals surface area contributed by atoms with Gasteiger partial charge in [-0.05, 0) is 54.0 Å².